The first-order valence-electron chi connectivity index (χ1n) is 6.63. The largest absolute Gasteiger partial charge is 0.497 e. The molecule has 0 spiro atoms. The van der Waals surface area contributed by atoms with Crippen LogP contribution >= 0.6 is 0 Å². The molecule has 2 rings (SSSR count). The smallest absolute Gasteiger partial charge is 0.201 e. The number of ether oxygens (including phenoxy) is 2. The Morgan fingerprint density at radius 1 is 1.32 bits per heavy atom. The lowest BCUT2D eigenvalue weighted by Gasteiger charge is -2.07. The Hall–Kier alpha value is -1.75. The van der Waals surface area contributed by atoms with Crippen LogP contribution in [0.25, 0.3) is 11.0 Å². The highest BCUT2D eigenvalue weighted by atomic mass is 16.5. The zero-order valence-electron chi connectivity index (χ0n) is 11.6. The van der Waals surface area contributed by atoms with E-state index in [1.54, 1.807) is 7.11 Å². The third-order valence-electron chi connectivity index (χ3n) is 3.00. The lowest BCUT2D eigenvalue weighted by Crippen LogP contribution is -2.06. The summed E-state index contributed by atoms with van der Waals surface area (Å²) in [4.78, 5) is 4.36. The van der Waals surface area contributed by atoms with Crippen LogP contribution in [-0.2, 0) is 11.3 Å². The molecule has 0 saturated carbocycles. The molecule has 0 aliphatic heterocycles. The SMILES string of the molecule is CCCOCCCn1c(N)nc2cc(OC)ccc21. The second-order valence-electron chi connectivity index (χ2n) is 4.44. The first-order valence-corrected chi connectivity index (χ1v) is 6.63. The average molecular weight is 263 g/mol. The van der Waals surface area contributed by atoms with Gasteiger partial charge in [0.05, 0.1) is 18.1 Å². The molecule has 1 aromatic heterocycles. The molecular formula is C14H21N3O2. The van der Waals surface area contributed by atoms with E-state index < -0.39 is 0 Å². The lowest BCUT2D eigenvalue weighted by molar-refractivity contribution is 0.129. The number of fused-ring (bicyclic) bond motifs is 1. The van der Waals surface area contributed by atoms with Crippen molar-refractivity contribution in [2.75, 3.05) is 26.1 Å². The Morgan fingerprint density at radius 3 is 2.89 bits per heavy atom. The van der Waals surface area contributed by atoms with Gasteiger partial charge in [-0.2, -0.15) is 0 Å². The number of rotatable bonds is 7. The van der Waals surface area contributed by atoms with Gasteiger partial charge in [0.2, 0.25) is 5.95 Å². The van der Waals surface area contributed by atoms with Gasteiger partial charge in [-0.25, -0.2) is 4.98 Å². The van der Waals surface area contributed by atoms with Crippen molar-refractivity contribution in [2.45, 2.75) is 26.3 Å². The fraction of sp³-hybridized carbons (Fsp3) is 0.500. The molecule has 5 nitrogen and oxygen atoms in total. The fourth-order valence-corrected chi connectivity index (χ4v) is 2.06. The van der Waals surface area contributed by atoms with Crippen molar-refractivity contribution in [3.8, 4) is 5.75 Å². The minimum absolute atomic E-state index is 0.541. The minimum atomic E-state index is 0.541. The van der Waals surface area contributed by atoms with Gasteiger partial charge < -0.3 is 19.8 Å². The van der Waals surface area contributed by atoms with Crippen LogP contribution in [0.2, 0.25) is 0 Å². The fourth-order valence-electron chi connectivity index (χ4n) is 2.06. The molecule has 2 aromatic rings. The van der Waals surface area contributed by atoms with Gasteiger partial charge in [-0.15, -0.1) is 0 Å². The number of nitrogens with two attached hydrogens (primary N) is 1. The first kappa shape index (κ1) is 13.7. The molecule has 0 aliphatic rings. The van der Waals surface area contributed by atoms with Crippen molar-refractivity contribution in [2.24, 2.45) is 0 Å². The standard InChI is InChI=1S/C14H21N3O2/c1-3-8-19-9-4-7-17-13-6-5-11(18-2)10-12(13)16-14(17)15/h5-6,10H,3-4,7-9H2,1-2H3,(H2,15,16). The van der Waals surface area contributed by atoms with E-state index in [1.165, 1.54) is 0 Å². The summed E-state index contributed by atoms with van der Waals surface area (Å²) in [7, 11) is 1.65. The molecule has 0 fully saturated rings. The highest BCUT2D eigenvalue weighted by Gasteiger charge is 2.08. The molecule has 0 atom stereocenters. The highest BCUT2D eigenvalue weighted by molar-refractivity contribution is 5.79. The predicted octanol–water partition coefficient (Wildman–Crippen LogP) is 2.44. The molecule has 0 saturated heterocycles. The van der Waals surface area contributed by atoms with Gasteiger partial charge in [0, 0.05) is 25.8 Å². The summed E-state index contributed by atoms with van der Waals surface area (Å²) < 4.78 is 12.7. The maximum atomic E-state index is 5.96. The molecule has 104 valence electrons. The number of anilines is 1. The van der Waals surface area contributed by atoms with E-state index in [0.29, 0.717) is 5.95 Å². The molecule has 5 heteroatoms. The van der Waals surface area contributed by atoms with Gasteiger partial charge in [0.1, 0.15) is 5.75 Å². The number of methoxy groups -OCH3 is 1. The number of imidazole rings is 1. The van der Waals surface area contributed by atoms with Crippen LogP contribution in [-0.4, -0.2) is 29.9 Å². The van der Waals surface area contributed by atoms with Crippen LogP contribution < -0.4 is 10.5 Å². The van der Waals surface area contributed by atoms with Gasteiger partial charge >= 0.3 is 0 Å². The van der Waals surface area contributed by atoms with Crippen molar-refractivity contribution in [1.82, 2.24) is 9.55 Å². The Kier molecular flexibility index (Phi) is 4.63. The number of hydrogen-bond acceptors (Lipinski definition) is 4. The van der Waals surface area contributed by atoms with Crippen molar-refractivity contribution in [3.63, 3.8) is 0 Å². The first-order chi connectivity index (χ1) is 9.26. The molecule has 19 heavy (non-hydrogen) atoms. The molecule has 2 N–H and O–H groups in total. The molecular weight excluding hydrogens is 242 g/mol. The van der Waals surface area contributed by atoms with Crippen molar-refractivity contribution in [3.05, 3.63) is 18.2 Å². The summed E-state index contributed by atoms with van der Waals surface area (Å²) in [5.41, 5.74) is 7.86. The van der Waals surface area contributed by atoms with E-state index in [0.717, 1.165) is 49.4 Å². The van der Waals surface area contributed by atoms with Crippen LogP contribution in [0.4, 0.5) is 5.95 Å². The van der Waals surface area contributed by atoms with E-state index in [4.69, 9.17) is 15.2 Å². The zero-order valence-corrected chi connectivity index (χ0v) is 11.6. The maximum Gasteiger partial charge on any atom is 0.201 e. The van der Waals surface area contributed by atoms with Crippen LogP contribution in [0.3, 0.4) is 0 Å². The van der Waals surface area contributed by atoms with Crippen molar-refractivity contribution < 1.29 is 9.47 Å². The van der Waals surface area contributed by atoms with E-state index in [2.05, 4.69) is 11.9 Å². The van der Waals surface area contributed by atoms with Gasteiger partial charge in [-0.05, 0) is 25.0 Å². The van der Waals surface area contributed by atoms with Crippen LogP contribution in [0, 0.1) is 0 Å². The molecule has 0 aliphatic carbocycles. The van der Waals surface area contributed by atoms with E-state index in [9.17, 15) is 0 Å². The number of hydrogen-bond donors (Lipinski definition) is 1. The monoisotopic (exact) mass is 263 g/mol. The molecule has 1 heterocycles. The van der Waals surface area contributed by atoms with Gasteiger partial charge in [-0.1, -0.05) is 6.92 Å². The topological polar surface area (TPSA) is 62.3 Å². The second kappa shape index (κ2) is 6.43. The zero-order chi connectivity index (χ0) is 13.7. The Morgan fingerprint density at radius 2 is 2.16 bits per heavy atom. The average Bonchev–Trinajstić information content (AvgIpc) is 2.73. The predicted molar refractivity (Wildman–Crippen MR) is 76.4 cm³/mol. The molecule has 0 radical (unpaired) electrons. The summed E-state index contributed by atoms with van der Waals surface area (Å²) in [6.45, 7) is 4.49. The number of nitrogens with zero attached hydrogens (tertiary/aromatic N) is 2. The normalized spacial score (nSPS) is 11.1. The van der Waals surface area contributed by atoms with Crippen LogP contribution in [0.15, 0.2) is 18.2 Å². The van der Waals surface area contributed by atoms with Crippen LogP contribution in [0.5, 0.6) is 5.75 Å². The third-order valence-corrected chi connectivity index (χ3v) is 3.00. The number of nitrogen functional groups attached to an aromatic ring is 1. The Balaban J connectivity index is 2.07. The highest BCUT2D eigenvalue weighted by Crippen LogP contribution is 2.23. The summed E-state index contributed by atoms with van der Waals surface area (Å²) in [6, 6.07) is 5.81. The lowest BCUT2D eigenvalue weighted by atomic mass is 10.3. The van der Waals surface area contributed by atoms with E-state index in [-0.39, 0.29) is 0 Å². The number of aryl methyl sites for hydroxylation is 1. The van der Waals surface area contributed by atoms with Gasteiger partial charge in [0.15, 0.2) is 0 Å². The third kappa shape index (κ3) is 3.17. The van der Waals surface area contributed by atoms with E-state index >= 15 is 0 Å². The quantitative estimate of drug-likeness (QED) is 0.779. The van der Waals surface area contributed by atoms with Crippen molar-refractivity contribution in [1.29, 1.82) is 0 Å². The molecule has 0 unspecified atom stereocenters. The second-order valence-corrected chi connectivity index (χ2v) is 4.44. The summed E-state index contributed by atoms with van der Waals surface area (Å²) in [5, 5.41) is 0. The molecule has 1 aromatic carbocycles. The van der Waals surface area contributed by atoms with Crippen LogP contribution in [0.1, 0.15) is 19.8 Å². The summed E-state index contributed by atoms with van der Waals surface area (Å²) in [5.74, 6) is 1.34. The Bertz CT molecular complexity index is 537. The summed E-state index contributed by atoms with van der Waals surface area (Å²) >= 11 is 0. The maximum absolute atomic E-state index is 5.96. The van der Waals surface area contributed by atoms with E-state index in [1.807, 2.05) is 22.8 Å². The van der Waals surface area contributed by atoms with Gasteiger partial charge in [-0.3, -0.25) is 0 Å². The Labute approximate surface area is 113 Å². The number of benzene rings is 1. The van der Waals surface area contributed by atoms with Crippen molar-refractivity contribution >= 4 is 17.0 Å². The number of aromatic nitrogens is 2. The van der Waals surface area contributed by atoms with Gasteiger partial charge in [0.25, 0.3) is 0 Å². The minimum Gasteiger partial charge on any atom is -0.497 e. The molecule has 0 bridgehead atoms. The molecule has 0 amide bonds. The summed E-state index contributed by atoms with van der Waals surface area (Å²) in [6.07, 6.45) is 1.98.